The van der Waals surface area contributed by atoms with Crippen molar-refractivity contribution >= 4 is 17.3 Å². The molecule has 7 nitrogen and oxygen atoms in total. The van der Waals surface area contributed by atoms with Crippen LogP contribution in [0.2, 0.25) is 0 Å². The van der Waals surface area contributed by atoms with Crippen molar-refractivity contribution in [3.63, 3.8) is 0 Å². The number of nitro benzene ring substituents is 1. The number of nitrogens with two attached hydrogens (primary N) is 1. The molecule has 0 unspecified atom stereocenters. The van der Waals surface area contributed by atoms with Gasteiger partial charge in [-0.15, -0.1) is 0 Å². The van der Waals surface area contributed by atoms with E-state index in [-0.39, 0.29) is 22.8 Å². The minimum Gasteiger partial charge on any atom is -0.393 e. The molecule has 0 bridgehead atoms. The SMILES string of the molecule is CNC1CCN(C(=O)c2cc(C)cc([N+](=O)[O-])c2N)CC1. The first-order valence-corrected chi connectivity index (χ1v) is 6.95. The molecule has 0 aliphatic carbocycles. The van der Waals surface area contributed by atoms with Crippen molar-refractivity contribution in [2.75, 3.05) is 25.9 Å². The van der Waals surface area contributed by atoms with Gasteiger partial charge in [-0.3, -0.25) is 14.9 Å². The highest BCUT2D eigenvalue weighted by Gasteiger charge is 2.27. The van der Waals surface area contributed by atoms with Crippen LogP contribution in [0.25, 0.3) is 0 Å². The number of piperidine rings is 1. The number of nitrogen functional groups attached to an aromatic ring is 1. The van der Waals surface area contributed by atoms with Crippen LogP contribution < -0.4 is 11.1 Å². The lowest BCUT2D eigenvalue weighted by Gasteiger charge is -2.32. The lowest BCUT2D eigenvalue weighted by Crippen LogP contribution is -2.44. The minimum atomic E-state index is -0.549. The fraction of sp³-hybridized carbons (Fsp3) is 0.500. The normalized spacial score (nSPS) is 16.0. The number of aryl methyl sites for hydroxylation is 1. The van der Waals surface area contributed by atoms with E-state index in [2.05, 4.69) is 5.32 Å². The number of anilines is 1. The summed E-state index contributed by atoms with van der Waals surface area (Å²) in [5, 5.41) is 14.2. The second-order valence-electron chi connectivity index (χ2n) is 5.36. The molecular weight excluding hydrogens is 272 g/mol. The maximum atomic E-state index is 12.5. The van der Waals surface area contributed by atoms with Crippen molar-refractivity contribution in [2.45, 2.75) is 25.8 Å². The van der Waals surface area contributed by atoms with Crippen LogP contribution in [0.1, 0.15) is 28.8 Å². The third-order valence-corrected chi connectivity index (χ3v) is 3.92. The Balaban J connectivity index is 2.26. The molecule has 2 rings (SSSR count). The lowest BCUT2D eigenvalue weighted by molar-refractivity contribution is -0.384. The van der Waals surface area contributed by atoms with Crippen LogP contribution in [-0.4, -0.2) is 41.9 Å². The number of carbonyl (C=O) groups excluding carboxylic acids is 1. The Hall–Kier alpha value is -2.15. The van der Waals surface area contributed by atoms with Crippen LogP contribution in [0.4, 0.5) is 11.4 Å². The Morgan fingerprint density at radius 2 is 2.05 bits per heavy atom. The smallest absolute Gasteiger partial charge is 0.293 e. The van der Waals surface area contributed by atoms with Gasteiger partial charge in [0.05, 0.1) is 10.5 Å². The number of carbonyl (C=O) groups is 1. The molecule has 1 fully saturated rings. The van der Waals surface area contributed by atoms with E-state index >= 15 is 0 Å². The maximum absolute atomic E-state index is 12.5. The molecule has 1 aromatic carbocycles. The molecule has 1 heterocycles. The van der Waals surface area contributed by atoms with Gasteiger partial charge in [0.15, 0.2) is 0 Å². The highest BCUT2D eigenvalue weighted by atomic mass is 16.6. The summed E-state index contributed by atoms with van der Waals surface area (Å²) >= 11 is 0. The molecule has 1 saturated heterocycles. The van der Waals surface area contributed by atoms with E-state index in [1.54, 1.807) is 17.9 Å². The average Bonchev–Trinajstić information content (AvgIpc) is 2.48. The summed E-state index contributed by atoms with van der Waals surface area (Å²) in [5.74, 6) is -0.228. The summed E-state index contributed by atoms with van der Waals surface area (Å²) in [6.45, 7) is 2.98. The molecule has 1 amide bonds. The van der Waals surface area contributed by atoms with Crippen molar-refractivity contribution < 1.29 is 9.72 Å². The molecule has 0 saturated carbocycles. The third-order valence-electron chi connectivity index (χ3n) is 3.92. The molecular formula is C14H20N4O3. The quantitative estimate of drug-likeness (QED) is 0.497. The second kappa shape index (κ2) is 6.09. The molecule has 0 aromatic heterocycles. The molecule has 1 aliphatic heterocycles. The predicted octanol–water partition coefficient (Wildman–Crippen LogP) is 1.31. The van der Waals surface area contributed by atoms with E-state index in [9.17, 15) is 14.9 Å². The van der Waals surface area contributed by atoms with Crippen LogP contribution in [0.5, 0.6) is 0 Å². The first kappa shape index (κ1) is 15.2. The van der Waals surface area contributed by atoms with E-state index in [4.69, 9.17) is 5.73 Å². The number of hydrogen-bond acceptors (Lipinski definition) is 5. The largest absolute Gasteiger partial charge is 0.393 e. The summed E-state index contributed by atoms with van der Waals surface area (Å²) in [7, 11) is 1.91. The summed E-state index contributed by atoms with van der Waals surface area (Å²) in [6, 6.07) is 3.42. The maximum Gasteiger partial charge on any atom is 0.293 e. The van der Waals surface area contributed by atoms with E-state index in [0.29, 0.717) is 24.7 Å². The van der Waals surface area contributed by atoms with Gasteiger partial charge in [0.2, 0.25) is 0 Å². The molecule has 3 N–H and O–H groups in total. The first-order valence-electron chi connectivity index (χ1n) is 6.95. The molecule has 114 valence electrons. The summed E-state index contributed by atoms with van der Waals surface area (Å²) in [4.78, 5) is 24.7. The molecule has 0 radical (unpaired) electrons. The van der Waals surface area contributed by atoms with Gasteiger partial charge in [0.1, 0.15) is 5.69 Å². The van der Waals surface area contributed by atoms with Crippen molar-refractivity contribution in [1.82, 2.24) is 10.2 Å². The number of hydrogen-bond donors (Lipinski definition) is 2. The zero-order valence-electron chi connectivity index (χ0n) is 12.3. The van der Waals surface area contributed by atoms with Crippen molar-refractivity contribution in [3.05, 3.63) is 33.4 Å². The van der Waals surface area contributed by atoms with Gasteiger partial charge >= 0.3 is 0 Å². The highest BCUT2D eigenvalue weighted by Crippen LogP contribution is 2.28. The summed E-state index contributed by atoms with van der Waals surface area (Å²) in [5.41, 5.74) is 6.44. The number of amides is 1. The van der Waals surface area contributed by atoms with Crippen molar-refractivity contribution in [2.24, 2.45) is 0 Å². The first-order chi connectivity index (χ1) is 9.93. The number of nitrogens with zero attached hydrogens (tertiary/aromatic N) is 2. The molecule has 1 aromatic rings. The van der Waals surface area contributed by atoms with Gasteiger partial charge in [-0.05, 0) is 38.4 Å². The van der Waals surface area contributed by atoms with E-state index < -0.39 is 4.92 Å². The predicted molar refractivity (Wildman–Crippen MR) is 80.2 cm³/mol. The summed E-state index contributed by atoms with van der Waals surface area (Å²) in [6.07, 6.45) is 1.74. The van der Waals surface area contributed by atoms with Gasteiger partial charge in [0.25, 0.3) is 11.6 Å². The van der Waals surface area contributed by atoms with E-state index in [1.165, 1.54) is 6.07 Å². The van der Waals surface area contributed by atoms with Gasteiger partial charge in [-0.1, -0.05) is 0 Å². The van der Waals surface area contributed by atoms with Crippen LogP contribution >= 0.6 is 0 Å². The van der Waals surface area contributed by atoms with Crippen LogP contribution in [0, 0.1) is 17.0 Å². The second-order valence-corrected chi connectivity index (χ2v) is 5.36. The molecule has 1 aliphatic rings. The van der Waals surface area contributed by atoms with E-state index in [1.807, 2.05) is 7.05 Å². The standard InChI is InChI=1S/C14H20N4O3/c1-9-7-11(13(15)12(8-9)18(20)21)14(19)17-5-3-10(16-2)4-6-17/h7-8,10,16H,3-6,15H2,1-2H3. The fourth-order valence-corrected chi connectivity index (χ4v) is 2.65. The number of likely N-dealkylation sites (tertiary alicyclic amines) is 1. The van der Waals surface area contributed by atoms with Gasteiger partial charge in [-0.25, -0.2) is 0 Å². The number of nitro groups is 1. The Labute approximate surface area is 123 Å². The monoisotopic (exact) mass is 292 g/mol. The molecule has 0 spiro atoms. The van der Waals surface area contributed by atoms with Gasteiger partial charge in [-0.2, -0.15) is 0 Å². The van der Waals surface area contributed by atoms with Crippen molar-refractivity contribution in [1.29, 1.82) is 0 Å². The zero-order chi connectivity index (χ0) is 15.6. The topological polar surface area (TPSA) is 102 Å². The number of nitrogens with one attached hydrogen (secondary N) is 1. The van der Waals surface area contributed by atoms with Crippen LogP contribution in [0.15, 0.2) is 12.1 Å². The molecule has 21 heavy (non-hydrogen) atoms. The minimum absolute atomic E-state index is 0.0497. The number of benzene rings is 1. The Morgan fingerprint density at radius 1 is 1.43 bits per heavy atom. The Morgan fingerprint density at radius 3 is 2.57 bits per heavy atom. The average molecular weight is 292 g/mol. The van der Waals surface area contributed by atoms with Crippen LogP contribution in [0.3, 0.4) is 0 Å². The van der Waals surface area contributed by atoms with Gasteiger partial charge in [0, 0.05) is 25.2 Å². The van der Waals surface area contributed by atoms with Gasteiger partial charge < -0.3 is 16.0 Å². The molecule has 0 atom stereocenters. The Kier molecular flexibility index (Phi) is 4.42. The molecule has 7 heteroatoms. The zero-order valence-corrected chi connectivity index (χ0v) is 12.3. The number of rotatable bonds is 3. The van der Waals surface area contributed by atoms with Crippen LogP contribution in [-0.2, 0) is 0 Å². The third kappa shape index (κ3) is 3.13. The summed E-state index contributed by atoms with van der Waals surface area (Å²) < 4.78 is 0. The van der Waals surface area contributed by atoms with E-state index in [0.717, 1.165) is 12.8 Å². The Bertz CT molecular complexity index is 566. The fourth-order valence-electron chi connectivity index (χ4n) is 2.65. The van der Waals surface area contributed by atoms with Crippen molar-refractivity contribution in [3.8, 4) is 0 Å². The lowest BCUT2D eigenvalue weighted by atomic mass is 10.0. The highest BCUT2D eigenvalue weighted by molar-refractivity contribution is 6.01.